The number of nitrogens with two attached hydrogens (primary N) is 1. The number of aromatic nitrogens is 2. The van der Waals surface area contributed by atoms with Crippen molar-refractivity contribution in [2.24, 2.45) is 0 Å². The Hall–Kier alpha value is -2.21. The number of anilines is 1. The minimum absolute atomic E-state index is 0.0768. The molecule has 0 saturated heterocycles. The summed E-state index contributed by atoms with van der Waals surface area (Å²) in [4.78, 5) is 11.1. The first-order valence-corrected chi connectivity index (χ1v) is 5.33. The zero-order valence-corrected chi connectivity index (χ0v) is 10.2. The van der Waals surface area contributed by atoms with Crippen molar-refractivity contribution in [1.82, 2.24) is 10.2 Å². The molecule has 1 heterocycles. The van der Waals surface area contributed by atoms with Gasteiger partial charge in [-0.2, -0.15) is 5.10 Å². The number of ether oxygens (including phenoxy) is 1. The van der Waals surface area contributed by atoms with Gasteiger partial charge in [0, 0.05) is 10.6 Å². The van der Waals surface area contributed by atoms with Crippen LogP contribution in [-0.2, 0) is 0 Å². The molecule has 0 fully saturated rings. The maximum atomic E-state index is 11.1. The van der Waals surface area contributed by atoms with E-state index in [4.69, 9.17) is 27.2 Å². The van der Waals surface area contributed by atoms with E-state index in [1.54, 1.807) is 18.2 Å². The summed E-state index contributed by atoms with van der Waals surface area (Å²) in [5, 5.41) is 15.6. The number of aromatic amines is 1. The molecule has 0 radical (unpaired) electrons. The second-order valence-corrected chi connectivity index (χ2v) is 3.95. The number of H-pyrrole nitrogens is 1. The second kappa shape index (κ2) is 4.58. The Morgan fingerprint density at radius 3 is 2.89 bits per heavy atom. The molecule has 4 N–H and O–H groups in total. The number of hydrogen-bond donors (Lipinski definition) is 3. The van der Waals surface area contributed by atoms with Gasteiger partial charge in [-0.05, 0) is 18.2 Å². The van der Waals surface area contributed by atoms with Gasteiger partial charge >= 0.3 is 5.97 Å². The van der Waals surface area contributed by atoms with Gasteiger partial charge in [-0.15, -0.1) is 0 Å². The lowest BCUT2D eigenvalue weighted by Gasteiger charge is -2.08. The summed E-state index contributed by atoms with van der Waals surface area (Å²) in [6, 6.07) is 4.85. The Kier molecular flexibility index (Phi) is 3.12. The molecule has 0 aliphatic rings. The number of halogens is 1. The highest BCUT2D eigenvalue weighted by Crippen LogP contribution is 2.37. The lowest BCUT2D eigenvalue weighted by atomic mass is 10.0. The zero-order valence-electron chi connectivity index (χ0n) is 9.40. The molecule has 0 bridgehead atoms. The van der Waals surface area contributed by atoms with E-state index >= 15 is 0 Å². The largest absolute Gasteiger partial charge is 0.496 e. The van der Waals surface area contributed by atoms with Crippen LogP contribution >= 0.6 is 11.6 Å². The number of nitrogens with one attached hydrogen (secondary N) is 1. The van der Waals surface area contributed by atoms with Gasteiger partial charge in [-0.25, -0.2) is 4.79 Å². The number of carbonyl (C=O) groups is 1. The van der Waals surface area contributed by atoms with Crippen molar-refractivity contribution >= 4 is 23.4 Å². The van der Waals surface area contributed by atoms with Crippen LogP contribution in [0.1, 0.15) is 10.5 Å². The van der Waals surface area contributed by atoms with Crippen LogP contribution in [0.4, 0.5) is 5.82 Å². The molecule has 0 aliphatic carbocycles. The number of benzene rings is 1. The van der Waals surface area contributed by atoms with Gasteiger partial charge in [0.15, 0.2) is 11.5 Å². The Bertz CT molecular complexity index is 610. The van der Waals surface area contributed by atoms with Crippen LogP contribution in [0.15, 0.2) is 18.2 Å². The molecule has 1 aromatic heterocycles. The SMILES string of the molecule is COc1ccc(Cl)cc1-c1c(N)n[nH]c1C(=O)O. The monoisotopic (exact) mass is 267 g/mol. The van der Waals surface area contributed by atoms with Crippen molar-refractivity contribution in [1.29, 1.82) is 0 Å². The van der Waals surface area contributed by atoms with Crippen molar-refractivity contribution < 1.29 is 14.6 Å². The highest BCUT2D eigenvalue weighted by Gasteiger charge is 2.21. The van der Waals surface area contributed by atoms with Crippen molar-refractivity contribution in [3.8, 4) is 16.9 Å². The Morgan fingerprint density at radius 1 is 1.56 bits per heavy atom. The third-order valence-corrected chi connectivity index (χ3v) is 2.67. The summed E-state index contributed by atoms with van der Waals surface area (Å²) < 4.78 is 5.17. The predicted molar refractivity (Wildman–Crippen MR) is 67.0 cm³/mol. The lowest BCUT2D eigenvalue weighted by molar-refractivity contribution is 0.0691. The molecular weight excluding hydrogens is 258 g/mol. The molecule has 2 aromatic rings. The van der Waals surface area contributed by atoms with Gasteiger partial charge in [0.05, 0.1) is 12.7 Å². The van der Waals surface area contributed by atoms with Gasteiger partial charge in [0.25, 0.3) is 0 Å². The fourth-order valence-corrected chi connectivity index (χ4v) is 1.83. The number of aromatic carboxylic acids is 1. The molecule has 18 heavy (non-hydrogen) atoms. The summed E-state index contributed by atoms with van der Waals surface area (Å²) in [6.07, 6.45) is 0. The third-order valence-electron chi connectivity index (χ3n) is 2.44. The van der Waals surface area contributed by atoms with Gasteiger partial charge in [0.1, 0.15) is 5.75 Å². The summed E-state index contributed by atoms with van der Waals surface area (Å²) in [6.45, 7) is 0. The van der Waals surface area contributed by atoms with E-state index in [1.165, 1.54) is 7.11 Å². The van der Waals surface area contributed by atoms with E-state index in [2.05, 4.69) is 10.2 Å². The number of nitrogen functional groups attached to an aromatic ring is 1. The zero-order chi connectivity index (χ0) is 13.3. The molecule has 0 spiro atoms. The molecule has 0 unspecified atom stereocenters. The minimum atomic E-state index is -1.16. The lowest BCUT2D eigenvalue weighted by Crippen LogP contribution is -2.00. The van der Waals surface area contributed by atoms with E-state index in [1.807, 2.05) is 0 Å². The van der Waals surface area contributed by atoms with E-state index in [-0.39, 0.29) is 17.1 Å². The third kappa shape index (κ3) is 1.98. The van der Waals surface area contributed by atoms with Gasteiger partial charge in [-0.3, -0.25) is 5.10 Å². The van der Waals surface area contributed by atoms with Crippen LogP contribution in [0, 0.1) is 0 Å². The fourth-order valence-electron chi connectivity index (χ4n) is 1.66. The molecule has 0 saturated carbocycles. The van der Waals surface area contributed by atoms with Crippen LogP contribution < -0.4 is 10.5 Å². The molecule has 6 nitrogen and oxygen atoms in total. The predicted octanol–water partition coefficient (Wildman–Crippen LogP) is 2.02. The van der Waals surface area contributed by atoms with E-state index < -0.39 is 5.97 Å². The minimum Gasteiger partial charge on any atom is -0.496 e. The number of nitrogens with zero attached hydrogens (tertiary/aromatic N) is 1. The maximum absolute atomic E-state index is 11.1. The molecule has 94 valence electrons. The summed E-state index contributed by atoms with van der Waals surface area (Å²) >= 11 is 5.90. The molecular formula is C11H10ClN3O3. The highest BCUT2D eigenvalue weighted by atomic mass is 35.5. The van der Waals surface area contributed by atoms with Gasteiger partial charge in [0.2, 0.25) is 0 Å². The van der Waals surface area contributed by atoms with E-state index in [0.717, 1.165) is 0 Å². The number of hydrogen-bond acceptors (Lipinski definition) is 4. The fraction of sp³-hybridized carbons (Fsp3) is 0.0909. The standard InChI is InChI=1S/C11H10ClN3O3/c1-18-7-3-2-5(12)4-6(7)8-9(11(16)17)14-15-10(8)13/h2-4H,1H3,(H,16,17)(H3,13,14,15). The average molecular weight is 268 g/mol. The van der Waals surface area contributed by atoms with Crippen LogP contribution in [0.2, 0.25) is 5.02 Å². The normalized spacial score (nSPS) is 10.3. The Labute approximate surface area is 107 Å². The first-order chi connectivity index (χ1) is 8.54. The number of carboxylic acids is 1. The van der Waals surface area contributed by atoms with Gasteiger partial charge < -0.3 is 15.6 Å². The van der Waals surface area contributed by atoms with Crippen molar-refractivity contribution in [3.05, 3.63) is 28.9 Å². The smallest absolute Gasteiger partial charge is 0.354 e. The molecule has 0 aliphatic heterocycles. The van der Waals surface area contributed by atoms with Crippen LogP contribution in [0.25, 0.3) is 11.1 Å². The van der Waals surface area contributed by atoms with E-state index in [0.29, 0.717) is 16.3 Å². The highest BCUT2D eigenvalue weighted by molar-refractivity contribution is 6.31. The summed E-state index contributed by atoms with van der Waals surface area (Å²) in [5.41, 5.74) is 6.32. The molecule has 0 amide bonds. The van der Waals surface area contributed by atoms with Gasteiger partial charge in [-0.1, -0.05) is 11.6 Å². The topological polar surface area (TPSA) is 101 Å². The van der Waals surface area contributed by atoms with Crippen LogP contribution in [-0.4, -0.2) is 28.4 Å². The first kappa shape index (κ1) is 12.3. The maximum Gasteiger partial charge on any atom is 0.354 e. The second-order valence-electron chi connectivity index (χ2n) is 3.51. The Balaban J connectivity index is 2.71. The number of rotatable bonds is 3. The average Bonchev–Trinajstić information content (AvgIpc) is 2.71. The quantitative estimate of drug-likeness (QED) is 0.790. The van der Waals surface area contributed by atoms with Crippen LogP contribution in [0.5, 0.6) is 5.75 Å². The molecule has 0 atom stereocenters. The number of carboxylic acid groups (broad SMARTS) is 1. The first-order valence-electron chi connectivity index (χ1n) is 4.95. The molecule has 2 rings (SSSR count). The number of methoxy groups -OCH3 is 1. The summed E-state index contributed by atoms with van der Waals surface area (Å²) in [5.74, 6) is -0.612. The van der Waals surface area contributed by atoms with Crippen molar-refractivity contribution in [2.75, 3.05) is 12.8 Å². The van der Waals surface area contributed by atoms with Crippen LogP contribution in [0.3, 0.4) is 0 Å². The summed E-state index contributed by atoms with van der Waals surface area (Å²) in [7, 11) is 1.48. The Morgan fingerprint density at radius 2 is 2.28 bits per heavy atom. The van der Waals surface area contributed by atoms with Crippen molar-refractivity contribution in [3.63, 3.8) is 0 Å². The van der Waals surface area contributed by atoms with E-state index in [9.17, 15) is 4.79 Å². The molecule has 7 heteroatoms. The van der Waals surface area contributed by atoms with Crippen molar-refractivity contribution in [2.45, 2.75) is 0 Å². The molecule has 1 aromatic carbocycles.